The lowest BCUT2D eigenvalue weighted by atomic mass is 10.1. The Labute approximate surface area is 167 Å². The molecule has 138 valence electrons. The summed E-state index contributed by atoms with van der Waals surface area (Å²) in [6.07, 6.45) is 1.60. The number of fused-ring (bicyclic) bond motifs is 1. The van der Waals surface area contributed by atoms with Gasteiger partial charge in [-0.25, -0.2) is 4.79 Å². The number of hydrogen-bond donors (Lipinski definition) is 0. The molecule has 0 unspecified atom stereocenters. The maximum absolute atomic E-state index is 12.6. The van der Waals surface area contributed by atoms with Gasteiger partial charge in [0.05, 0.1) is 11.1 Å². The van der Waals surface area contributed by atoms with Gasteiger partial charge in [-0.3, -0.25) is 4.79 Å². The van der Waals surface area contributed by atoms with Crippen molar-refractivity contribution in [2.24, 2.45) is 0 Å². The first-order valence-electron chi connectivity index (χ1n) is 8.63. The van der Waals surface area contributed by atoms with E-state index in [2.05, 4.69) is 0 Å². The van der Waals surface area contributed by atoms with Crippen molar-refractivity contribution in [3.05, 3.63) is 99.8 Å². The van der Waals surface area contributed by atoms with Crippen molar-refractivity contribution in [1.29, 1.82) is 0 Å². The predicted molar refractivity (Wildman–Crippen MR) is 107 cm³/mol. The number of aryl methyl sites for hydroxylation is 1. The van der Waals surface area contributed by atoms with Gasteiger partial charge in [-0.2, -0.15) is 0 Å². The number of rotatable bonds is 3. The van der Waals surface area contributed by atoms with E-state index in [4.69, 9.17) is 21.1 Å². The summed E-state index contributed by atoms with van der Waals surface area (Å²) in [6, 6.07) is 19.0. The molecule has 0 bridgehead atoms. The molecule has 0 atom stereocenters. The Morgan fingerprint density at radius 1 is 1.04 bits per heavy atom. The molecule has 4 nitrogen and oxygen atoms in total. The second-order valence-corrected chi connectivity index (χ2v) is 6.79. The number of carbonyl (C=O) groups excluding carboxylic acids is 2. The molecule has 0 N–H and O–H groups in total. The Morgan fingerprint density at radius 2 is 1.86 bits per heavy atom. The summed E-state index contributed by atoms with van der Waals surface area (Å²) in [6.45, 7) is 1.90. The Hall–Kier alpha value is -3.37. The number of esters is 1. The lowest BCUT2D eigenvalue weighted by Gasteiger charge is -2.06. The highest BCUT2D eigenvalue weighted by Gasteiger charge is 2.28. The third-order valence-corrected chi connectivity index (χ3v) is 4.64. The van der Waals surface area contributed by atoms with E-state index < -0.39 is 5.97 Å². The molecular weight excluding hydrogens is 376 g/mol. The molecule has 5 heteroatoms. The number of allylic oxidation sites excluding steroid dienone is 1. The van der Waals surface area contributed by atoms with E-state index in [9.17, 15) is 9.59 Å². The van der Waals surface area contributed by atoms with E-state index in [1.165, 1.54) is 6.07 Å². The number of ether oxygens (including phenoxy) is 2. The van der Waals surface area contributed by atoms with Crippen molar-refractivity contribution in [3.63, 3.8) is 0 Å². The molecule has 0 saturated heterocycles. The molecule has 1 heterocycles. The second kappa shape index (κ2) is 7.33. The third-order valence-electron chi connectivity index (χ3n) is 4.30. The molecule has 28 heavy (non-hydrogen) atoms. The van der Waals surface area contributed by atoms with Gasteiger partial charge in [0.2, 0.25) is 5.78 Å². The number of Topliss-reactive ketones (excluding diaryl/α,β-unsaturated/α-hetero) is 1. The summed E-state index contributed by atoms with van der Waals surface area (Å²) in [7, 11) is 0. The molecule has 0 aliphatic carbocycles. The summed E-state index contributed by atoms with van der Waals surface area (Å²) in [5.74, 6) is 0.103. The van der Waals surface area contributed by atoms with Crippen molar-refractivity contribution in [2.75, 3.05) is 0 Å². The van der Waals surface area contributed by atoms with Crippen LogP contribution >= 0.6 is 11.6 Å². The smallest absolute Gasteiger partial charge is 0.343 e. The van der Waals surface area contributed by atoms with Crippen LogP contribution in [0.25, 0.3) is 6.08 Å². The van der Waals surface area contributed by atoms with E-state index in [1.54, 1.807) is 48.5 Å². The summed E-state index contributed by atoms with van der Waals surface area (Å²) in [5.41, 5.74) is 2.52. The zero-order valence-corrected chi connectivity index (χ0v) is 15.7. The van der Waals surface area contributed by atoms with Gasteiger partial charge < -0.3 is 9.47 Å². The minimum atomic E-state index is -0.472. The Kier molecular flexibility index (Phi) is 4.72. The van der Waals surface area contributed by atoms with Gasteiger partial charge in [0.25, 0.3) is 0 Å². The summed E-state index contributed by atoms with van der Waals surface area (Å²) in [4.78, 5) is 24.9. The van der Waals surface area contributed by atoms with Crippen LogP contribution in [-0.4, -0.2) is 11.8 Å². The fraction of sp³-hybridized carbons (Fsp3) is 0.0435. The fourth-order valence-electron chi connectivity index (χ4n) is 2.90. The zero-order chi connectivity index (χ0) is 19.7. The van der Waals surface area contributed by atoms with Crippen molar-refractivity contribution in [2.45, 2.75) is 6.92 Å². The van der Waals surface area contributed by atoms with Crippen LogP contribution in [0.3, 0.4) is 0 Å². The minimum Gasteiger partial charge on any atom is -0.452 e. The first-order valence-corrected chi connectivity index (χ1v) is 9.01. The SMILES string of the molecule is Cc1cccc(C(=O)Oc2ccc3c(c2)O/C(=C\c2ccccc2Cl)C3=O)c1. The molecule has 3 aromatic rings. The average Bonchev–Trinajstić information content (AvgIpc) is 2.98. The molecule has 1 aliphatic rings. The van der Waals surface area contributed by atoms with Gasteiger partial charge >= 0.3 is 5.97 Å². The maximum atomic E-state index is 12.6. The van der Waals surface area contributed by atoms with Crippen LogP contribution in [0.4, 0.5) is 0 Å². The first kappa shape index (κ1) is 18.0. The molecule has 0 aromatic heterocycles. The average molecular weight is 391 g/mol. The van der Waals surface area contributed by atoms with Crippen LogP contribution < -0.4 is 9.47 Å². The first-order chi connectivity index (χ1) is 13.5. The largest absolute Gasteiger partial charge is 0.452 e. The van der Waals surface area contributed by atoms with E-state index in [-0.39, 0.29) is 11.5 Å². The molecule has 0 fully saturated rings. The highest BCUT2D eigenvalue weighted by Crippen LogP contribution is 2.35. The summed E-state index contributed by atoms with van der Waals surface area (Å²) < 4.78 is 11.1. The highest BCUT2D eigenvalue weighted by atomic mass is 35.5. The van der Waals surface area contributed by atoms with Crippen molar-refractivity contribution >= 4 is 29.4 Å². The third kappa shape index (κ3) is 3.55. The quantitative estimate of drug-likeness (QED) is 0.337. The van der Waals surface area contributed by atoms with Gasteiger partial charge in [-0.1, -0.05) is 47.5 Å². The highest BCUT2D eigenvalue weighted by molar-refractivity contribution is 6.32. The lowest BCUT2D eigenvalue weighted by Crippen LogP contribution is -2.08. The van der Waals surface area contributed by atoms with Gasteiger partial charge in [0.1, 0.15) is 11.5 Å². The number of halogens is 1. The van der Waals surface area contributed by atoms with Crippen LogP contribution in [-0.2, 0) is 0 Å². The van der Waals surface area contributed by atoms with Gasteiger partial charge in [-0.05, 0) is 48.9 Å². The van der Waals surface area contributed by atoms with Gasteiger partial charge in [0, 0.05) is 11.1 Å². The molecule has 4 rings (SSSR count). The fourth-order valence-corrected chi connectivity index (χ4v) is 3.09. The molecule has 0 spiro atoms. The zero-order valence-electron chi connectivity index (χ0n) is 14.9. The molecule has 0 saturated carbocycles. The van der Waals surface area contributed by atoms with Crippen LogP contribution in [0.15, 0.2) is 72.5 Å². The number of ketones is 1. The normalized spacial score (nSPS) is 13.9. The molecule has 0 amide bonds. The Bertz CT molecular complexity index is 1130. The van der Waals surface area contributed by atoms with Gasteiger partial charge in [0.15, 0.2) is 5.76 Å². The van der Waals surface area contributed by atoms with Crippen molar-refractivity contribution in [1.82, 2.24) is 0 Å². The van der Waals surface area contributed by atoms with E-state index >= 15 is 0 Å². The van der Waals surface area contributed by atoms with Crippen molar-refractivity contribution < 1.29 is 19.1 Å². The number of benzene rings is 3. The topological polar surface area (TPSA) is 52.6 Å². The Morgan fingerprint density at radius 3 is 2.64 bits per heavy atom. The molecule has 1 aliphatic heterocycles. The van der Waals surface area contributed by atoms with Gasteiger partial charge in [-0.15, -0.1) is 0 Å². The maximum Gasteiger partial charge on any atom is 0.343 e. The number of hydrogen-bond acceptors (Lipinski definition) is 4. The van der Waals surface area contributed by atoms with E-state index in [0.717, 1.165) is 5.56 Å². The Balaban J connectivity index is 1.57. The molecular formula is C23H15ClO4. The second-order valence-electron chi connectivity index (χ2n) is 6.38. The van der Waals surface area contributed by atoms with Crippen LogP contribution in [0.5, 0.6) is 11.5 Å². The van der Waals surface area contributed by atoms with Crippen LogP contribution in [0.2, 0.25) is 5.02 Å². The predicted octanol–water partition coefficient (Wildman–Crippen LogP) is 5.48. The monoisotopic (exact) mass is 390 g/mol. The van der Waals surface area contributed by atoms with Crippen molar-refractivity contribution in [3.8, 4) is 11.5 Å². The molecule has 3 aromatic carbocycles. The minimum absolute atomic E-state index is 0.172. The summed E-state index contributed by atoms with van der Waals surface area (Å²) >= 11 is 6.14. The van der Waals surface area contributed by atoms with Crippen LogP contribution in [0.1, 0.15) is 31.8 Å². The van der Waals surface area contributed by atoms with E-state index in [1.807, 2.05) is 25.1 Å². The standard InChI is InChI=1S/C23H15ClO4/c1-14-5-4-7-16(11-14)23(26)27-17-9-10-18-20(13-17)28-21(22(18)25)12-15-6-2-3-8-19(15)24/h2-13H,1H3/b21-12-. The van der Waals surface area contributed by atoms with E-state index in [0.29, 0.717) is 33.2 Å². The number of carbonyl (C=O) groups is 2. The summed E-state index contributed by atoms with van der Waals surface area (Å²) in [5, 5.41) is 0.523. The molecule has 0 radical (unpaired) electrons. The van der Waals surface area contributed by atoms with Crippen LogP contribution in [0, 0.1) is 6.92 Å². The lowest BCUT2D eigenvalue weighted by molar-refractivity contribution is 0.0734.